The number of benzene rings is 2. The molecule has 0 unspecified atom stereocenters. The predicted octanol–water partition coefficient (Wildman–Crippen LogP) is 3.40. The van der Waals surface area contributed by atoms with Gasteiger partial charge >= 0.3 is 0 Å². The molecule has 1 heterocycles. The van der Waals surface area contributed by atoms with E-state index < -0.39 is 0 Å². The van der Waals surface area contributed by atoms with Crippen LogP contribution in [0.1, 0.15) is 5.56 Å². The van der Waals surface area contributed by atoms with Crippen LogP contribution in [0, 0.1) is 0 Å². The molecule has 0 saturated carbocycles. The lowest BCUT2D eigenvalue weighted by atomic mass is 10.1. The van der Waals surface area contributed by atoms with Crippen molar-refractivity contribution in [2.75, 3.05) is 5.73 Å². The minimum Gasteiger partial charge on any atom is -0.472 e. The second-order valence-electron chi connectivity index (χ2n) is 4.35. The van der Waals surface area contributed by atoms with Crippen molar-refractivity contribution < 1.29 is 4.74 Å². The van der Waals surface area contributed by atoms with Crippen LogP contribution in [-0.4, -0.2) is 4.98 Å². The molecular formula is C16H14N2O. The van der Waals surface area contributed by atoms with Crippen LogP contribution in [0.5, 0.6) is 5.88 Å². The van der Waals surface area contributed by atoms with Crippen LogP contribution >= 0.6 is 0 Å². The summed E-state index contributed by atoms with van der Waals surface area (Å²) in [5.74, 6) is 1.06. The van der Waals surface area contributed by atoms with E-state index in [1.807, 2.05) is 60.7 Å². The topological polar surface area (TPSA) is 48.1 Å². The molecule has 2 N–H and O–H groups in total. The molecule has 19 heavy (non-hydrogen) atoms. The number of ether oxygens (including phenoxy) is 1. The van der Waals surface area contributed by atoms with E-state index in [-0.39, 0.29) is 0 Å². The zero-order chi connectivity index (χ0) is 13.1. The Morgan fingerprint density at radius 1 is 0.947 bits per heavy atom. The number of fused-ring (bicyclic) bond motifs is 1. The fraction of sp³-hybridized carbons (Fsp3) is 0.0625. The fourth-order valence-electron chi connectivity index (χ4n) is 2.02. The lowest BCUT2D eigenvalue weighted by Gasteiger charge is -2.09. The minimum atomic E-state index is 0.474. The van der Waals surface area contributed by atoms with E-state index >= 15 is 0 Å². The Labute approximate surface area is 111 Å². The highest BCUT2D eigenvalue weighted by Crippen LogP contribution is 2.25. The Bertz CT molecular complexity index is 695. The molecule has 3 aromatic rings. The van der Waals surface area contributed by atoms with Gasteiger partial charge in [-0.1, -0.05) is 48.5 Å². The monoisotopic (exact) mass is 250 g/mol. The summed E-state index contributed by atoms with van der Waals surface area (Å²) in [6.07, 6.45) is 0. The Kier molecular flexibility index (Phi) is 3.02. The van der Waals surface area contributed by atoms with Gasteiger partial charge in [0.1, 0.15) is 12.4 Å². The maximum Gasteiger partial charge on any atom is 0.223 e. The van der Waals surface area contributed by atoms with Crippen LogP contribution in [0.3, 0.4) is 0 Å². The van der Waals surface area contributed by atoms with Gasteiger partial charge in [-0.25, -0.2) is 0 Å². The summed E-state index contributed by atoms with van der Waals surface area (Å²) >= 11 is 0. The van der Waals surface area contributed by atoms with Crippen LogP contribution in [0.25, 0.3) is 10.8 Å². The number of nitrogen functional groups attached to an aromatic ring is 1. The first-order chi connectivity index (χ1) is 9.33. The molecule has 0 atom stereocenters. The number of pyridine rings is 1. The van der Waals surface area contributed by atoms with Crippen molar-refractivity contribution in [3.05, 3.63) is 66.2 Å². The molecule has 0 aliphatic rings. The number of aromatic nitrogens is 1. The number of rotatable bonds is 3. The third-order valence-electron chi connectivity index (χ3n) is 2.94. The first-order valence-electron chi connectivity index (χ1n) is 6.15. The largest absolute Gasteiger partial charge is 0.472 e. The molecule has 3 heteroatoms. The summed E-state index contributed by atoms with van der Waals surface area (Å²) in [5, 5.41) is 2.02. The van der Waals surface area contributed by atoms with Gasteiger partial charge in [0.05, 0.1) is 0 Å². The highest BCUT2D eigenvalue weighted by molar-refractivity contribution is 5.88. The average Bonchev–Trinajstić information content (AvgIpc) is 2.45. The lowest BCUT2D eigenvalue weighted by molar-refractivity contribution is 0.298. The molecule has 94 valence electrons. The van der Waals surface area contributed by atoms with Gasteiger partial charge in [0.25, 0.3) is 0 Å². The number of hydrogen-bond acceptors (Lipinski definition) is 3. The molecule has 2 aromatic carbocycles. The normalized spacial score (nSPS) is 10.5. The molecule has 0 aliphatic heterocycles. The van der Waals surface area contributed by atoms with E-state index in [1.54, 1.807) is 0 Å². The Morgan fingerprint density at radius 2 is 1.68 bits per heavy atom. The Hall–Kier alpha value is -2.55. The third kappa shape index (κ3) is 2.50. The van der Waals surface area contributed by atoms with E-state index in [2.05, 4.69) is 4.98 Å². The summed E-state index contributed by atoms with van der Waals surface area (Å²) in [6, 6.07) is 19.8. The molecule has 0 radical (unpaired) electrons. The Balaban J connectivity index is 1.92. The first-order valence-corrected chi connectivity index (χ1v) is 6.15. The summed E-state index contributed by atoms with van der Waals surface area (Å²) in [4.78, 5) is 4.27. The molecule has 0 bridgehead atoms. The molecular weight excluding hydrogens is 236 g/mol. The van der Waals surface area contributed by atoms with Crippen molar-refractivity contribution >= 4 is 16.6 Å². The van der Waals surface area contributed by atoms with Crippen LogP contribution in [-0.2, 0) is 6.61 Å². The maximum absolute atomic E-state index is 5.80. The smallest absolute Gasteiger partial charge is 0.223 e. The van der Waals surface area contributed by atoms with E-state index in [1.165, 1.54) is 0 Å². The van der Waals surface area contributed by atoms with Crippen molar-refractivity contribution in [2.45, 2.75) is 6.61 Å². The molecule has 3 rings (SSSR count). The van der Waals surface area contributed by atoms with Crippen molar-refractivity contribution in [2.24, 2.45) is 0 Å². The third-order valence-corrected chi connectivity index (χ3v) is 2.94. The molecule has 0 spiro atoms. The Morgan fingerprint density at radius 3 is 2.53 bits per heavy atom. The van der Waals surface area contributed by atoms with Crippen LogP contribution in [0.15, 0.2) is 60.7 Å². The number of anilines is 1. The van der Waals surface area contributed by atoms with Crippen LogP contribution in [0.4, 0.5) is 5.82 Å². The van der Waals surface area contributed by atoms with Gasteiger partial charge in [0, 0.05) is 5.39 Å². The minimum absolute atomic E-state index is 0.474. The number of nitrogens with zero attached hydrogens (tertiary/aromatic N) is 1. The van der Waals surface area contributed by atoms with E-state index in [4.69, 9.17) is 10.5 Å². The van der Waals surface area contributed by atoms with Crippen molar-refractivity contribution in [1.29, 1.82) is 0 Å². The van der Waals surface area contributed by atoms with Gasteiger partial charge in [0.15, 0.2) is 0 Å². The van der Waals surface area contributed by atoms with Crippen molar-refractivity contribution in [3.63, 3.8) is 0 Å². The van der Waals surface area contributed by atoms with E-state index in [0.29, 0.717) is 18.3 Å². The molecule has 3 nitrogen and oxygen atoms in total. The summed E-state index contributed by atoms with van der Waals surface area (Å²) < 4.78 is 5.80. The van der Waals surface area contributed by atoms with Gasteiger partial charge in [-0.2, -0.15) is 4.98 Å². The van der Waals surface area contributed by atoms with E-state index in [9.17, 15) is 0 Å². The first kappa shape index (κ1) is 11.5. The lowest BCUT2D eigenvalue weighted by Crippen LogP contribution is -2.00. The van der Waals surface area contributed by atoms with Gasteiger partial charge < -0.3 is 10.5 Å². The van der Waals surface area contributed by atoms with Gasteiger partial charge in [-0.05, 0) is 23.1 Å². The summed E-state index contributed by atoms with van der Waals surface area (Å²) in [5.41, 5.74) is 6.91. The zero-order valence-corrected chi connectivity index (χ0v) is 10.4. The maximum atomic E-state index is 5.80. The highest BCUT2D eigenvalue weighted by Gasteiger charge is 2.05. The standard InChI is InChI=1S/C16H14N2O/c17-15-10-13-8-4-5-9-14(13)16(18-15)19-11-12-6-2-1-3-7-12/h1-10H,11H2,(H2,17,18). The highest BCUT2D eigenvalue weighted by atomic mass is 16.5. The number of nitrogens with two attached hydrogens (primary N) is 1. The van der Waals surface area contributed by atoms with Gasteiger partial charge in [-0.3, -0.25) is 0 Å². The van der Waals surface area contributed by atoms with E-state index in [0.717, 1.165) is 16.3 Å². The van der Waals surface area contributed by atoms with Crippen LogP contribution < -0.4 is 10.5 Å². The fourth-order valence-corrected chi connectivity index (χ4v) is 2.02. The zero-order valence-electron chi connectivity index (χ0n) is 10.4. The molecule has 0 aliphatic carbocycles. The molecule has 0 saturated heterocycles. The van der Waals surface area contributed by atoms with Gasteiger partial charge in [0.2, 0.25) is 5.88 Å². The SMILES string of the molecule is Nc1cc2ccccc2c(OCc2ccccc2)n1. The number of hydrogen-bond donors (Lipinski definition) is 1. The van der Waals surface area contributed by atoms with Crippen molar-refractivity contribution in [3.8, 4) is 5.88 Å². The molecule has 0 amide bonds. The quantitative estimate of drug-likeness (QED) is 0.775. The average molecular weight is 250 g/mol. The van der Waals surface area contributed by atoms with Crippen molar-refractivity contribution in [1.82, 2.24) is 4.98 Å². The predicted molar refractivity (Wildman–Crippen MR) is 76.9 cm³/mol. The summed E-state index contributed by atoms with van der Waals surface area (Å²) in [6.45, 7) is 0.487. The molecule has 0 fully saturated rings. The van der Waals surface area contributed by atoms with Crippen LogP contribution in [0.2, 0.25) is 0 Å². The summed E-state index contributed by atoms with van der Waals surface area (Å²) in [7, 11) is 0. The molecule has 1 aromatic heterocycles. The van der Waals surface area contributed by atoms with Gasteiger partial charge in [-0.15, -0.1) is 0 Å². The second-order valence-corrected chi connectivity index (χ2v) is 4.35. The second kappa shape index (κ2) is 4.98.